The first-order valence-electron chi connectivity index (χ1n) is 7.32. The second-order valence-electron chi connectivity index (χ2n) is 5.31. The van der Waals surface area contributed by atoms with E-state index in [1.165, 1.54) is 32.4 Å². The van der Waals surface area contributed by atoms with Crippen LogP contribution in [0.2, 0.25) is 0 Å². The molecular formula is C17H17NO7. The van der Waals surface area contributed by atoms with Gasteiger partial charge in [-0.05, 0) is 19.4 Å². The molecule has 1 aliphatic heterocycles. The number of hydrogen-bond donors (Lipinski definition) is 0. The van der Waals surface area contributed by atoms with E-state index in [1.807, 2.05) is 0 Å². The Hall–Kier alpha value is -3.16. The maximum absolute atomic E-state index is 12.3. The highest BCUT2D eigenvalue weighted by atomic mass is 16.6. The van der Waals surface area contributed by atoms with Crippen molar-refractivity contribution in [2.24, 2.45) is 0 Å². The first-order chi connectivity index (χ1) is 11.8. The van der Waals surface area contributed by atoms with E-state index in [0.29, 0.717) is 5.56 Å². The summed E-state index contributed by atoms with van der Waals surface area (Å²) in [6.07, 6.45) is 0. The highest BCUT2D eigenvalue weighted by molar-refractivity contribution is 5.99. The quantitative estimate of drug-likeness (QED) is 0.468. The smallest absolute Gasteiger partial charge is 0.338 e. The average Bonchev–Trinajstić information content (AvgIpc) is 2.59. The van der Waals surface area contributed by atoms with E-state index in [0.717, 1.165) is 0 Å². The Morgan fingerprint density at radius 1 is 1.08 bits per heavy atom. The molecule has 0 saturated heterocycles. The van der Waals surface area contributed by atoms with Crippen LogP contribution < -0.4 is 0 Å². The topological polar surface area (TPSA) is 105 Å². The first kappa shape index (κ1) is 18.2. The molecule has 0 aromatic heterocycles. The molecule has 0 aliphatic carbocycles. The number of carbonyl (C=O) groups excluding carboxylic acids is 2. The second-order valence-corrected chi connectivity index (χ2v) is 5.31. The molecular weight excluding hydrogens is 330 g/mol. The number of nitrogens with zero attached hydrogens (tertiary/aromatic N) is 1. The number of methoxy groups -OCH3 is 2. The third kappa shape index (κ3) is 3.37. The number of benzene rings is 1. The van der Waals surface area contributed by atoms with Crippen LogP contribution in [0.25, 0.3) is 0 Å². The summed E-state index contributed by atoms with van der Waals surface area (Å²) in [4.78, 5) is 35.1. The van der Waals surface area contributed by atoms with Crippen molar-refractivity contribution < 1.29 is 28.7 Å². The molecule has 1 aliphatic rings. The SMILES string of the molecule is COC(=O)C1=C(C)OC(C)=C(C(=O)OC)C1c1cccc([N+](=O)[O-])c1. The fourth-order valence-corrected chi connectivity index (χ4v) is 2.78. The van der Waals surface area contributed by atoms with Crippen molar-refractivity contribution >= 4 is 17.6 Å². The van der Waals surface area contributed by atoms with Gasteiger partial charge in [0.05, 0.1) is 36.2 Å². The van der Waals surface area contributed by atoms with E-state index in [2.05, 4.69) is 0 Å². The monoisotopic (exact) mass is 347 g/mol. The summed E-state index contributed by atoms with van der Waals surface area (Å²) in [5.41, 5.74) is 0.410. The lowest BCUT2D eigenvalue weighted by Crippen LogP contribution is -2.26. The van der Waals surface area contributed by atoms with Gasteiger partial charge in [0.1, 0.15) is 11.5 Å². The summed E-state index contributed by atoms with van der Waals surface area (Å²) in [7, 11) is 2.41. The predicted octanol–water partition coefficient (Wildman–Crippen LogP) is 2.60. The molecule has 132 valence electrons. The molecule has 1 aromatic carbocycles. The summed E-state index contributed by atoms with van der Waals surface area (Å²) in [5, 5.41) is 11.1. The van der Waals surface area contributed by atoms with Crippen LogP contribution in [-0.2, 0) is 23.8 Å². The van der Waals surface area contributed by atoms with E-state index in [1.54, 1.807) is 19.9 Å². The number of hydrogen-bond acceptors (Lipinski definition) is 7. The van der Waals surface area contributed by atoms with Gasteiger partial charge in [-0.1, -0.05) is 12.1 Å². The lowest BCUT2D eigenvalue weighted by Gasteiger charge is -2.28. The van der Waals surface area contributed by atoms with E-state index in [4.69, 9.17) is 14.2 Å². The van der Waals surface area contributed by atoms with Crippen molar-refractivity contribution in [2.45, 2.75) is 19.8 Å². The molecule has 0 radical (unpaired) electrons. The molecule has 8 heteroatoms. The zero-order valence-electron chi connectivity index (χ0n) is 14.2. The number of nitro benzene ring substituents is 1. The molecule has 1 heterocycles. The van der Waals surface area contributed by atoms with E-state index in [-0.39, 0.29) is 28.4 Å². The van der Waals surface area contributed by atoms with E-state index < -0.39 is 22.8 Å². The molecule has 0 saturated carbocycles. The number of rotatable bonds is 4. The summed E-state index contributed by atoms with van der Waals surface area (Å²) in [6.45, 7) is 3.13. The zero-order chi connectivity index (χ0) is 18.7. The van der Waals surface area contributed by atoms with Gasteiger partial charge in [-0.25, -0.2) is 9.59 Å². The minimum atomic E-state index is -0.895. The molecule has 2 rings (SSSR count). The molecule has 0 spiro atoms. The highest BCUT2D eigenvalue weighted by Gasteiger charge is 2.39. The summed E-state index contributed by atoms with van der Waals surface area (Å²) in [5.74, 6) is -1.76. The number of esters is 2. The van der Waals surface area contributed by atoms with Gasteiger partial charge in [-0.3, -0.25) is 10.1 Å². The lowest BCUT2D eigenvalue weighted by atomic mass is 9.81. The van der Waals surface area contributed by atoms with E-state index in [9.17, 15) is 19.7 Å². The van der Waals surface area contributed by atoms with Crippen molar-refractivity contribution in [3.05, 3.63) is 62.6 Å². The van der Waals surface area contributed by atoms with Crippen LogP contribution in [0, 0.1) is 10.1 Å². The van der Waals surface area contributed by atoms with Crippen molar-refractivity contribution in [1.82, 2.24) is 0 Å². The van der Waals surface area contributed by atoms with Crippen LogP contribution in [0.1, 0.15) is 25.3 Å². The maximum atomic E-state index is 12.3. The zero-order valence-corrected chi connectivity index (χ0v) is 14.2. The predicted molar refractivity (Wildman–Crippen MR) is 86.4 cm³/mol. The van der Waals surface area contributed by atoms with Gasteiger partial charge in [-0.15, -0.1) is 0 Å². The van der Waals surface area contributed by atoms with Gasteiger partial charge in [0.15, 0.2) is 0 Å². The molecule has 25 heavy (non-hydrogen) atoms. The second kappa shape index (κ2) is 7.16. The number of nitro groups is 1. The van der Waals surface area contributed by atoms with Gasteiger partial charge in [-0.2, -0.15) is 0 Å². The van der Waals surface area contributed by atoms with Gasteiger partial charge >= 0.3 is 11.9 Å². The van der Waals surface area contributed by atoms with Crippen molar-refractivity contribution in [1.29, 1.82) is 0 Å². The fourth-order valence-electron chi connectivity index (χ4n) is 2.78. The Bertz CT molecular complexity index is 769. The van der Waals surface area contributed by atoms with E-state index >= 15 is 0 Å². The third-order valence-corrected chi connectivity index (χ3v) is 3.87. The normalized spacial score (nSPS) is 14.9. The summed E-state index contributed by atoms with van der Waals surface area (Å²) >= 11 is 0. The lowest BCUT2D eigenvalue weighted by molar-refractivity contribution is -0.384. The Morgan fingerprint density at radius 2 is 1.60 bits per heavy atom. The number of allylic oxidation sites excluding steroid dienone is 2. The average molecular weight is 347 g/mol. The van der Waals surface area contributed by atoms with Crippen molar-refractivity contribution in [2.75, 3.05) is 14.2 Å². The molecule has 0 unspecified atom stereocenters. The summed E-state index contributed by atoms with van der Waals surface area (Å²) in [6, 6.07) is 5.71. The number of non-ortho nitro benzene ring substituents is 1. The standard InChI is InChI=1S/C17H17NO7/c1-9-13(16(19)23-3)15(14(10(2)25-9)17(20)24-4)11-6-5-7-12(8-11)18(21)22/h5-8,15H,1-4H3. The molecule has 0 bridgehead atoms. The Morgan fingerprint density at radius 3 is 2.04 bits per heavy atom. The minimum Gasteiger partial charge on any atom is -0.466 e. The Kier molecular flexibility index (Phi) is 5.21. The number of ether oxygens (including phenoxy) is 3. The molecule has 0 amide bonds. The molecule has 0 fully saturated rings. The highest BCUT2D eigenvalue weighted by Crippen LogP contribution is 2.42. The van der Waals surface area contributed by atoms with Crippen LogP contribution in [0.4, 0.5) is 5.69 Å². The Balaban J connectivity index is 2.72. The van der Waals surface area contributed by atoms with Gasteiger partial charge < -0.3 is 14.2 Å². The molecule has 0 N–H and O–H groups in total. The third-order valence-electron chi connectivity index (χ3n) is 3.87. The van der Waals surface area contributed by atoms with Gasteiger partial charge in [0, 0.05) is 12.1 Å². The largest absolute Gasteiger partial charge is 0.466 e. The Labute approximate surface area is 143 Å². The van der Waals surface area contributed by atoms with Crippen LogP contribution in [0.5, 0.6) is 0 Å². The first-order valence-corrected chi connectivity index (χ1v) is 7.32. The van der Waals surface area contributed by atoms with Crippen molar-refractivity contribution in [3.63, 3.8) is 0 Å². The summed E-state index contributed by atoms with van der Waals surface area (Å²) < 4.78 is 15.1. The maximum Gasteiger partial charge on any atom is 0.338 e. The van der Waals surface area contributed by atoms with Crippen LogP contribution in [0.3, 0.4) is 0 Å². The molecule has 8 nitrogen and oxygen atoms in total. The van der Waals surface area contributed by atoms with Crippen molar-refractivity contribution in [3.8, 4) is 0 Å². The molecule has 0 atom stereocenters. The fraction of sp³-hybridized carbons (Fsp3) is 0.294. The van der Waals surface area contributed by atoms with Crippen LogP contribution >= 0.6 is 0 Å². The minimum absolute atomic E-state index is 0.0917. The van der Waals surface area contributed by atoms with Crippen LogP contribution in [-0.4, -0.2) is 31.1 Å². The van der Waals surface area contributed by atoms with Gasteiger partial charge in [0.2, 0.25) is 0 Å². The van der Waals surface area contributed by atoms with Gasteiger partial charge in [0.25, 0.3) is 5.69 Å². The number of carbonyl (C=O) groups is 2. The molecule has 1 aromatic rings. The van der Waals surface area contributed by atoms with Crippen LogP contribution in [0.15, 0.2) is 46.9 Å².